The molecule has 0 heterocycles. The molecule has 3 N–H and O–H groups in total. The first-order valence-corrected chi connectivity index (χ1v) is 6.65. The number of anilines is 1. The Balaban J connectivity index is 2.62. The molecule has 0 aliphatic heterocycles. The first-order chi connectivity index (χ1) is 8.69. The maximum Gasteiger partial charge on any atom is 0.234 e. The van der Waals surface area contributed by atoms with Gasteiger partial charge in [-0.1, -0.05) is 0 Å². The fourth-order valence-corrected chi connectivity index (χ4v) is 1.89. The zero-order valence-corrected chi connectivity index (χ0v) is 11.4. The Hall–Kier alpha value is -1.40. The summed E-state index contributed by atoms with van der Waals surface area (Å²) in [6.07, 6.45) is 0. The van der Waals surface area contributed by atoms with Crippen LogP contribution in [0.15, 0.2) is 18.2 Å². The van der Waals surface area contributed by atoms with Crippen LogP contribution in [-0.4, -0.2) is 38.2 Å². The molecule has 1 amide bonds. The van der Waals surface area contributed by atoms with Crippen LogP contribution in [0.3, 0.4) is 0 Å². The highest BCUT2D eigenvalue weighted by molar-refractivity contribution is 7.99. The third-order valence-corrected chi connectivity index (χ3v) is 3.12. The van der Waals surface area contributed by atoms with Crippen LogP contribution in [0.25, 0.3) is 0 Å². The van der Waals surface area contributed by atoms with Crippen molar-refractivity contribution in [1.29, 1.82) is 0 Å². The molecule has 0 aromatic heterocycles. The van der Waals surface area contributed by atoms with E-state index in [9.17, 15) is 4.79 Å². The van der Waals surface area contributed by atoms with Gasteiger partial charge in [-0.15, -0.1) is 0 Å². The number of nitrogens with one attached hydrogen (secondary N) is 1. The number of ether oxygens (including phenoxy) is 2. The molecule has 100 valence electrons. The lowest BCUT2D eigenvalue weighted by atomic mass is 10.2. The molecule has 0 saturated carbocycles. The quantitative estimate of drug-likeness (QED) is 0.731. The number of carbonyl (C=O) groups is 1. The van der Waals surface area contributed by atoms with E-state index < -0.39 is 0 Å². The summed E-state index contributed by atoms with van der Waals surface area (Å²) in [6.45, 7) is 0.574. The van der Waals surface area contributed by atoms with Gasteiger partial charge >= 0.3 is 0 Å². The first-order valence-electron chi connectivity index (χ1n) is 5.50. The number of nitrogens with two attached hydrogens (primary N) is 1. The summed E-state index contributed by atoms with van der Waals surface area (Å²) in [6, 6.07) is 5.24. The minimum Gasteiger partial charge on any atom is -0.497 e. The third kappa shape index (κ3) is 4.85. The lowest BCUT2D eigenvalue weighted by Crippen LogP contribution is -2.15. The lowest BCUT2D eigenvalue weighted by Gasteiger charge is -2.09. The summed E-state index contributed by atoms with van der Waals surface area (Å²) in [7, 11) is 3.13. The molecule has 1 rings (SSSR count). The number of hydrogen-bond donors (Lipinski definition) is 2. The molecule has 18 heavy (non-hydrogen) atoms. The number of methoxy groups -OCH3 is 2. The molecule has 0 aliphatic carbocycles. The Morgan fingerprint density at radius 3 is 2.39 bits per heavy atom. The molecule has 1 aromatic carbocycles. The highest BCUT2D eigenvalue weighted by Gasteiger charge is 2.06. The Morgan fingerprint density at radius 2 is 1.89 bits per heavy atom. The van der Waals surface area contributed by atoms with Crippen LogP contribution >= 0.6 is 11.8 Å². The topological polar surface area (TPSA) is 73.6 Å². The fourth-order valence-electron chi connectivity index (χ4n) is 1.32. The molecule has 0 saturated heterocycles. The molecule has 0 fully saturated rings. The van der Waals surface area contributed by atoms with Crippen LogP contribution in [0.1, 0.15) is 0 Å². The van der Waals surface area contributed by atoms with Gasteiger partial charge in [0.25, 0.3) is 0 Å². The maximum absolute atomic E-state index is 11.6. The summed E-state index contributed by atoms with van der Waals surface area (Å²) in [4.78, 5) is 11.6. The predicted octanol–water partition coefficient (Wildman–Crippen LogP) is 1.33. The number of rotatable bonds is 7. The summed E-state index contributed by atoms with van der Waals surface area (Å²) >= 11 is 1.50. The van der Waals surface area contributed by atoms with Gasteiger partial charge in [0.05, 0.1) is 20.0 Å². The zero-order valence-electron chi connectivity index (χ0n) is 10.6. The van der Waals surface area contributed by atoms with E-state index in [1.807, 2.05) is 0 Å². The smallest absolute Gasteiger partial charge is 0.234 e. The van der Waals surface area contributed by atoms with E-state index in [1.54, 1.807) is 32.4 Å². The number of amides is 1. The maximum atomic E-state index is 11.6. The molecule has 0 radical (unpaired) electrons. The van der Waals surface area contributed by atoms with Gasteiger partial charge in [0, 0.05) is 36.2 Å². The van der Waals surface area contributed by atoms with Crippen molar-refractivity contribution in [2.75, 3.05) is 37.6 Å². The van der Waals surface area contributed by atoms with E-state index in [2.05, 4.69) is 5.32 Å². The molecule has 0 spiro atoms. The van der Waals surface area contributed by atoms with Crippen LogP contribution in [0.5, 0.6) is 11.5 Å². The fraction of sp³-hybridized carbons (Fsp3) is 0.417. The van der Waals surface area contributed by atoms with E-state index in [-0.39, 0.29) is 5.91 Å². The van der Waals surface area contributed by atoms with Crippen molar-refractivity contribution in [1.82, 2.24) is 0 Å². The summed E-state index contributed by atoms with van der Waals surface area (Å²) in [5.74, 6) is 2.37. The van der Waals surface area contributed by atoms with E-state index in [1.165, 1.54) is 11.8 Å². The van der Waals surface area contributed by atoms with E-state index >= 15 is 0 Å². The predicted molar refractivity (Wildman–Crippen MR) is 74.6 cm³/mol. The molecule has 0 unspecified atom stereocenters. The number of hydrogen-bond acceptors (Lipinski definition) is 5. The molecule has 1 aromatic rings. The highest BCUT2D eigenvalue weighted by Crippen LogP contribution is 2.25. The minimum absolute atomic E-state index is 0.0660. The SMILES string of the molecule is COc1cc(NC(=O)CSCCN)cc(OC)c1. The Kier molecular flexibility index (Phi) is 6.38. The monoisotopic (exact) mass is 270 g/mol. The standard InChI is InChI=1S/C12H18N2O3S/c1-16-10-5-9(6-11(7-10)17-2)14-12(15)8-18-4-3-13/h5-7H,3-4,8,13H2,1-2H3,(H,14,15). The molecule has 0 bridgehead atoms. The van der Waals surface area contributed by atoms with Gasteiger partial charge in [-0.05, 0) is 0 Å². The van der Waals surface area contributed by atoms with Crippen LogP contribution in [-0.2, 0) is 4.79 Å². The van der Waals surface area contributed by atoms with Gasteiger partial charge in [-0.3, -0.25) is 4.79 Å². The van der Waals surface area contributed by atoms with Crippen molar-refractivity contribution in [2.45, 2.75) is 0 Å². The van der Waals surface area contributed by atoms with Crippen LogP contribution in [0.4, 0.5) is 5.69 Å². The van der Waals surface area contributed by atoms with Crippen LogP contribution in [0.2, 0.25) is 0 Å². The summed E-state index contributed by atoms with van der Waals surface area (Å²) in [5.41, 5.74) is 6.01. The zero-order chi connectivity index (χ0) is 13.4. The Morgan fingerprint density at radius 1 is 1.28 bits per heavy atom. The van der Waals surface area contributed by atoms with Gasteiger partial charge in [0.15, 0.2) is 0 Å². The van der Waals surface area contributed by atoms with Gasteiger partial charge in [0.1, 0.15) is 11.5 Å². The number of benzene rings is 1. The molecule has 5 nitrogen and oxygen atoms in total. The van der Waals surface area contributed by atoms with Crippen molar-refractivity contribution < 1.29 is 14.3 Å². The van der Waals surface area contributed by atoms with Crippen molar-refractivity contribution in [3.8, 4) is 11.5 Å². The average Bonchev–Trinajstić information content (AvgIpc) is 2.38. The summed E-state index contributed by atoms with van der Waals surface area (Å²) in [5, 5.41) is 2.79. The van der Waals surface area contributed by atoms with Crippen molar-refractivity contribution in [3.05, 3.63) is 18.2 Å². The van der Waals surface area contributed by atoms with Crippen LogP contribution in [0, 0.1) is 0 Å². The molecular formula is C12H18N2O3S. The average molecular weight is 270 g/mol. The second-order valence-corrected chi connectivity index (χ2v) is 4.60. The lowest BCUT2D eigenvalue weighted by molar-refractivity contribution is -0.113. The van der Waals surface area contributed by atoms with Gasteiger partial charge in [-0.2, -0.15) is 11.8 Å². The second-order valence-electron chi connectivity index (χ2n) is 3.49. The van der Waals surface area contributed by atoms with Gasteiger partial charge in [-0.25, -0.2) is 0 Å². The number of carbonyl (C=O) groups excluding carboxylic acids is 1. The van der Waals surface area contributed by atoms with Crippen molar-refractivity contribution in [2.24, 2.45) is 5.73 Å². The van der Waals surface area contributed by atoms with Crippen LogP contribution < -0.4 is 20.5 Å². The van der Waals surface area contributed by atoms with Crippen molar-refractivity contribution in [3.63, 3.8) is 0 Å². The van der Waals surface area contributed by atoms with E-state index in [4.69, 9.17) is 15.2 Å². The van der Waals surface area contributed by atoms with E-state index in [0.717, 1.165) is 5.75 Å². The van der Waals surface area contributed by atoms with Crippen molar-refractivity contribution >= 4 is 23.4 Å². The number of thioether (sulfide) groups is 1. The Labute approximate surface area is 111 Å². The first kappa shape index (κ1) is 14.7. The molecular weight excluding hydrogens is 252 g/mol. The van der Waals surface area contributed by atoms with Gasteiger partial charge < -0.3 is 20.5 Å². The Bertz CT molecular complexity index is 377. The molecule has 6 heteroatoms. The second kappa shape index (κ2) is 7.84. The minimum atomic E-state index is -0.0660. The third-order valence-electron chi connectivity index (χ3n) is 2.13. The highest BCUT2D eigenvalue weighted by atomic mass is 32.2. The van der Waals surface area contributed by atoms with Gasteiger partial charge in [0.2, 0.25) is 5.91 Å². The van der Waals surface area contributed by atoms with E-state index in [0.29, 0.717) is 29.5 Å². The summed E-state index contributed by atoms with van der Waals surface area (Å²) < 4.78 is 10.2. The molecule has 0 aliphatic rings. The largest absolute Gasteiger partial charge is 0.497 e. The molecule has 0 atom stereocenters. The normalized spacial score (nSPS) is 9.94.